The van der Waals surface area contributed by atoms with Crippen LogP contribution in [0.4, 0.5) is 0 Å². The molecule has 0 aromatic rings. The highest BCUT2D eigenvalue weighted by molar-refractivity contribution is 6.25. The van der Waals surface area contributed by atoms with Crippen LogP contribution >= 0.6 is 11.6 Å². The molecule has 0 aliphatic heterocycles. The van der Waals surface area contributed by atoms with E-state index in [1.807, 2.05) is 0 Å². The van der Waals surface area contributed by atoms with Gasteiger partial charge in [0, 0.05) is 30.2 Å². The van der Waals surface area contributed by atoms with E-state index in [9.17, 15) is 9.59 Å². The molecule has 4 aliphatic rings. The van der Waals surface area contributed by atoms with Crippen LogP contribution in [0, 0.1) is 34.5 Å². The van der Waals surface area contributed by atoms with Crippen molar-refractivity contribution in [1.82, 2.24) is 0 Å². The number of Topliss-reactive ketones (excluding diaryl/α,β-unsaturated/α-hetero) is 2. The summed E-state index contributed by atoms with van der Waals surface area (Å²) < 4.78 is 0. The van der Waals surface area contributed by atoms with Gasteiger partial charge in [-0.3, -0.25) is 9.59 Å². The summed E-state index contributed by atoms with van der Waals surface area (Å²) >= 11 is 5.89. The second-order valence-electron chi connectivity index (χ2n) is 9.11. The molecule has 6 atom stereocenters. The second-order valence-corrected chi connectivity index (χ2v) is 9.36. The minimum atomic E-state index is -0.0536. The maximum absolute atomic E-state index is 12.5. The first kappa shape index (κ1) is 16.8. The normalized spacial score (nSPS) is 48.2. The molecular formula is C21H29ClO2. The van der Waals surface area contributed by atoms with Crippen LogP contribution in [0.15, 0.2) is 11.6 Å². The molecule has 0 radical (unpaired) electrons. The van der Waals surface area contributed by atoms with Crippen LogP contribution in [0.3, 0.4) is 0 Å². The van der Waals surface area contributed by atoms with Crippen molar-refractivity contribution >= 4 is 23.2 Å². The van der Waals surface area contributed by atoms with Crippen molar-refractivity contribution in [3.63, 3.8) is 0 Å². The van der Waals surface area contributed by atoms with E-state index in [1.165, 1.54) is 19.3 Å². The van der Waals surface area contributed by atoms with Gasteiger partial charge in [-0.1, -0.05) is 24.6 Å². The Morgan fingerprint density at radius 1 is 1.08 bits per heavy atom. The van der Waals surface area contributed by atoms with Crippen molar-refractivity contribution in [2.75, 3.05) is 0 Å². The third kappa shape index (κ3) is 2.28. The van der Waals surface area contributed by atoms with E-state index >= 15 is 0 Å². The van der Waals surface area contributed by atoms with Crippen molar-refractivity contribution < 1.29 is 9.59 Å². The smallest absolute Gasteiger partial charge is 0.139 e. The summed E-state index contributed by atoms with van der Waals surface area (Å²) in [6, 6.07) is 0. The van der Waals surface area contributed by atoms with Gasteiger partial charge in [0.2, 0.25) is 0 Å². The Labute approximate surface area is 150 Å². The highest BCUT2D eigenvalue weighted by Gasteiger charge is 2.61. The SMILES string of the molecule is C[C@]12CC[C@H]3[C@@H](CC[C@H]4CC(=O)CC[C@@]43C/C=C/Cl)[C@@H]1CCC2=O. The predicted octanol–water partition coefficient (Wildman–Crippen LogP) is 5.29. The summed E-state index contributed by atoms with van der Waals surface area (Å²) in [6.45, 7) is 2.24. The third-order valence-corrected chi connectivity index (χ3v) is 8.65. The highest BCUT2D eigenvalue weighted by Crippen LogP contribution is 2.66. The molecule has 0 heterocycles. The molecule has 4 rings (SSSR count). The number of carbonyl (C=O) groups is 2. The highest BCUT2D eigenvalue weighted by atomic mass is 35.5. The lowest BCUT2D eigenvalue weighted by atomic mass is 9.44. The molecule has 0 unspecified atom stereocenters. The third-order valence-electron chi connectivity index (χ3n) is 8.48. The standard InChI is InChI=1S/C21H29ClO2/c1-20-10-8-18-16(17(20)5-6-19(20)24)4-3-14-13-15(23)7-11-21(14,18)9-2-12-22/h2,12,14,16-18H,3-11,13H2,1H3/b12-2+/t14-,16-,17-,18-,20-,21-/m0/s1. The molecule has 3 heteroatoms. The van der Waals surface area contributed by atoms with Crippen LogP contribution in [0.2, 0.25) is 0 Å². The van der Waals surface area contributed by atoms with Gasteiger partial charge in [-0.25, -0.2) is 0 Å². The molecule has 0 bridgehead atoms. The maximum Gasteiger partial charge on any atom is 0.139 e. The van der Waals surface area contributed by atoms with Crippen molar-refractivity contribution in [3.05, 3.63) is 11.6 Å². The first-order valence-electron chi connectivity index (χ1n) is 9.81. The molecular weight excluding hydrogens is 320 g/mol. The van der Waals surface area contributed by atoms with Gasteiger partial charge in [-0.15, -0.1) is 0 Å². The summed E-state index contributed by atoms with van der Waals surface area (Å²) in [5, 5.41) is 0. The van der Waals surface area contributed by atoms with Gasteiger partial charge >= 0.3 is 0 Å². The van der Waals surface area contributed by atoms with E-state index in [1.54, 1.807) is 5.54 Å². The largest absolute Gasteiger partial charge is 0.300 e. The van der Waals surface area contributed by atoms with E-state index in [2.05, 4.69) is 13.0 Å². The molecule has 2 nitrogen and oxygen atoms in total. The van der Waals surface area contributed by atoms with E-state index in [-0.39, 0.29) is 10.8 Å². The lowest BCUT2D eigenvalue weighted by molar-refractivity contribution is -0.146. The molecule has 0 saturated heterocycles. The Morgan fingerprint density at radius 3 is 2.71 bits per heavy atom. The summed E-state index contributed by atoms with van der Waals surface area (Å²) in [6.07, 6.45) is 12.2. The Hall–Kier alpha value is -0.630. The zero-order valence-corrected chi connectivity index (χ0v) is 15.5. The molecule has 132 valence electrons. The average molecular weight is 349 g/mol. The van der Waals surface area contributed by atoms with Crippen LogP contribution in [-0.4, -0.2) is 11.6 Å². The molecule has 0 N–H and O–H groups in total. The van der Waals surface area contributed by atoms with Gasteiger partial charge < -0.3 is 0 Å². The number of halogens is 1. The fourth-order valence-electron chi connectivity index (χ4n) is 7.29. The van der Waals surface area contributed by atoms with Gasteiger partial charge in [-0.05, 0) is 74.0 Å². The summed E-state index contributed by atoms with van der Waals surface area (Å²) in [4.78, 5) is 24.6. The van der Waals surface area contributed by atoms with Crippen molar-refractivity contribution in [3.8, 4) is 0 Å². The lowest BCUT2D eigenvalue weighted by Gasteiger charge is -2.60. The fourth-order valence-corrected chi connectivity index (χ4v) is 7.38. The maximum atomic E-state index is 12.5. The van der Waals surface area contributed by atoms with Crippen molar-refractivity contribution in [2.45, 2.75) is 71.1 Å². The van der Waals surface area contributed by atoms with Crippen molar-refractivity contribution in [1.29, 1.82) is 0 Å². The Bertz CT molecular complexity index is 582. The predicted molar refractivity (Wildman–Crippen MR) is 95.7 cm³/mol. The van der Waals surface area contributed by atoms with E-state index in [4.69, 9.17) is 11.6 Å². The zero-order valence-electron chi connectivity index (χ0n) is 14.7. The first-order valence-corrected chi connectivity index (χ1v) is 10.2. The quantitative estimate of drug-likeness (QED) is 0.679. The molecule has 0 aromatic carbocycles. The van der Waals surface area contributed by atoms with E-state index < -0.39 is 0 Å². The molecule has 4 saturated carbocycles. The number of carbonyl (C=O) groups excluding carboxylic acids is 2. The summed E-state index contributed by atoms with van der Waals surface area (Å²) in [5.41, 5.74) is 1.87. The van der Waals surface area contributed by atoms with Crippen LogP contribution < -0.4 is 0 Å². The topological polar surface area (TPSA) is 34.1 Å². The number of ketones is 2. The molecule has 0 aromatic heterocycles. The van der Waals surface area contributed by atoms with Crippen molar-refractivity contribution in [2.24, 2.45) is 34.5 Å². The number of allylic oxidation sites excluding steroid dienone is 1. The molecule has 24 heavy (non-hydrogen) atoms. The molecule has 0 amide bonds. The summed E-state index contributed by atoms with van der Waals surface area (Å²) in [7, 11) is 0. The zero-order chi connectivity index (χ0) is 16.9. The van der Waals surface area contributed by atoms with Crippen LogP contribution in [0.1, 0.15) is 71.1 Å². The monoisotopic (exact) mass is 348 g/mol. The molecule has 4 aliphatic carbocycles. The van der Waals surface area contributed by atoms with Crippen LogP contribution in [0.5, 0.6) is 0 Å². The number of hydrogen-bond donors (Lipinski definition) is 0. The van der Waals surface area contributed by atoms with Crippen LogP contribution in [0.25, 0.3) is 0 Å². The minimum Gasteiger partial charge on any atom is -0.300 e. The molecule has 0 spiro atoms. The number of hydrogen-bond acceptors (Lipinski definition) is 2. The Morgan fingerprint density at radius 2 is 1.92 bits per heavy atom. The van der Waals surface area contributed by atoms with Gasteiger partial charge in [-0.2, -0.15) is 0 Å². The molecule has 4 fully saturated rings. The first-order chi connectivity index (χ1) is 11.5. The van der Waals surface area contributed by atoms with Gasteiger partial charge in [0.15, 0.2) is 0 Å². The van der Waals surface area contributed by atoms with Gasteiger partial charge in [0.05, 0.1) is 0 Å². The minimum absolute atomic E-state index is 0.0536. The number of fused-ring (bicyclic) bond motifs is 5. The Kier molecular flexibility index (Phi) is 4.18. The van der Waals surface area contributed by atoms with E-state index in [0.717, 1.165) is 44.9 Å². The lowest BCUT2D eigenvalue weighted by Crippen LogP contribution is -2.54. The van der Waals surface area contributed by atoms with Crippen LogP contribution in [-0.2, 0) is 9.59 Å². The van der Waals surface area contributed by atoms with Gasteiger partial charge in [0.1, 0.15) is 11.6 Å². The Balaban J connectivity index is 1.68. The van der Waals surface area contributed by atoms with Gasteiger partial charge in [0.25, 0.3) is 0 Å². The fraction of sp³-hybridized carbons (Fsp3) is 0.810. The van der Waals surface area contributed by atoms with E-state index in [0.29, 0.717) is 35.2 Å². The second kappa shape index (κ2) is 5.97. The summed E-state index contributed by atoms with van der Waals surface area (Å²) in [5.74, 6) is 3.46. The number of rotatable bonds is 2. The average Bonchev–Trinajstić information content (AvgIpc) is 2.88.